The number of rotatable bonds is 4. The summed E-state index contributed by atoms with van der Waals surface area (Å²) in [5.74, 6) is 2.30. The van der Waals surface area contributed by atoms with Crippen LogP contribution in [-0.2, 0) is 6.42 Å². The van der Waals surface area contributed by atoms with Gasteiger partial charge in [0.25, 0.3) is 0 Å². The number of fused-ring (bicyclic) bond motifs is 4. The third-order valence-electron chi connectivity index (χ3n) is 7.31. The molecule has 0 amide bonds. The highest BCUT2D eigenvalue weighted by Gasteiger charge is 2.41. The van der Waals surface area contributed by atoms with Crippen LogP contribution in [0.2, 0.25) is 0 Å². The predicted octanol–water partition coefficient (Wildman–Crippen LogP) is 5.36. The number of halogens is 1. The number of nitrogens with one attached hydrogen (secondary N) is 1. The summed E-state index contributed by atoms with van der Waals surface area (Å²) in [6.45, 7) is 2.30. The van der Waals surface area contributed by atoms with E-state index >= 15 is 4.39 Å². The van der Waals surface area contributed by atoms with Crippen LogP contribution in [0.25, 0.3) is 16.1 Å². The molecule has 3 aromatic rings. The topological polar surface area (TPSA) is 63.6 Å². The highest BCUT2D eigenvalue weighted by molar-refractivity contribution is 7.13. The molecule has 4 aliphatic carbocycles. The van der Waals surface area contributed by atoms with Crippen LogP contribution in [0.5, 0.6) is 0 Å². The van der Waals surface area contributed by atoms with Crippen LogP contribution in [0.3, 0.4) is 0 Å². The van der Waals surface area contributed by atoms with Crippen molar-refractivity contribution in [3.8, 4) is 10.6 Å². The fraction of sp³-hybridized carbons (Fsp3) is 0.417. The minimum Gasteiger partial charge on any atom is -0.364 e. The van der Waals surface area contributed by atoms with E-state index in [1.54, 1.807) is 12.4 Å². The number of allylic oxidation sites excluding steroid dienone is 1. The van der Waals surface area contributed by atoms with Crippen molar-refractivity contribution in [2.75, 3.05) is 5.32 Å². The lowest BCUT2D eigenvalue weighted by Crippen LogP contribution is -2.47. The van der Waals surface area contributed by atoms with Gasteiger partial charge in [0.15, 0.2) is 17.5 Å². The fourth-order valence-corrected chi connectivity index (χ4v) is 6.34. The van der Waals surface area contributed by atoms with Crippen molar-refractivity contribution in [1.82, 2.24) is 19.9 Å². The lowest BCUT2D eigenvalue weighted by atomic mass is 9.62. The monoisotopic (exact) mass is 433 g/mol. The van der Waals surface area contributed by atoms with Crippen molar-refractivity contribution in [2.45, 2.75) is 45.1 Å². The molecule has 0 saturated heterocycles. The van der Waals surface area contributed by atoms with Gasteiger partial charge in [-0.25, -0.2) is 14.4 Å². The molecule has 0 radical (unpaired) electrons. The van der Waals surface area contributed by atoms with Crippen molar-refractivity contribution in [2.24, 2.45) is 17.8 Å². The molecule has 7 rings (SSSR count). The number of nitrogens with zero attached hydrogens (tertiary/aromatic N) is 4. The van der Waals surface area contributed by atoms with Gasteiger partial charge in [-0.05, 0) is 54.9 Å². The second-order valence-electron chi connectivity index (χ2n) is 8.91. The van der Waals surface area contributed by atoms with Crippen molar-refractivity contribution >= 4 is 22.7 Å². The quantitative estimate of drug-likeness (QED) is 0.600. The van der Waals surface area contributed by atoms with Gasteiger partial charge in [-0.2, -0.15) is 0 Å². The standard InChI is InChI=1S/C24H24FN5S/c1-13-14-4-6-15(7-5-14)20(13)28-24-19(25)22(18-3-2-12-31-18)29-23(30-24)16-8-9-17-21(16)27-11-10-26-17/h2-3,8,10-15,20H,4-7,9H2,1H3,(H,28,29,30)/t13-,14?,15?,20+/m0/s1. The summed E-state index contributed by atoms with van der Waals surface area (Å²) in [6.07, 6.45) is 11.2. The molecule has 0 unspecified atom stereocenters. The molecule has 31 heavy (non-hydrogen) atoms. The maximum Gasteiger partial charge on any atom is 0.192 e. The van der Waals surface area contributed by atoms with E-state index in [9.17, 15) is 0 Å². The first kappa shape index (κ1) is 19.0. The van der Waals surface area contributed by atoms with Crippen LogP contribution < -0.4 is 5.32 Å². The minimum absolute atomic E-state index is 0.255. The van der Waals surface area contributed by atoms with E-state index in [1.165, 1.54) is 37.0 Å². The SMILES string of the molecule is C[C@H]1C2CCC(CC2)[C@@H]1Nc1nc(C2=CCc3nccnc32)nc(-c2cccs2)c1F. The Bertz CT molecular complexity index is 1150. The maximum absolute atomic E-state index is 15.7. The van der Waals surface area contributed by atoms with Gasteiger partial charge >= 0.3 is 0 Å². The van der Waals surface area contributed by atoms with Gasteiger partial charge in [-0.1, -0.05) is 19.1 Å². The Morgan fingerprint density at radius 1 is 1.03 bits per heavy atom. The molecule has 0 spiro atoms. The first-order valence-corrected chi connectivity index (χ1v) is 12.0. The van der Waals surface area contributed by atoms with Crippen LogP contribution in [0, 0.1) is 23.6 Å². The zero-order valence-electron chi connectivity index (χ0n) is 17.4. The summed E-state index contributed by atoms with van der Waals surface area (Å²) in [5, 5.41) is 5.48. The number of hydrogen-bond acceptors (Lipinski definition) is 6. The Balaban J connectivity index is 1.44. The number of aromatic nitrogens is 4. The molecule has 4 aliphatic rings. The van der Waals surface area contributed by atoms with Crippen LogP contribution in [0.1, 0.15) is 49.8 Å². The van der Waals surface area contributed by atoms with Crippen molar-refractivity contribution in [3.63, 3.8) is 0 Å². The Morgan fingerprint density at radius 2 is 1.84 bits per heavy atom. The van der Waals surface area contributed by atoms with Gasteiger partial charge in [0.2, 0.25) is 0 Å². The number of anilines is 1. The average Bonchev–Trinajstić information content (AvgIpc) is 3.48. The Kier molecular flexibility index (Phi) is 4.60. The van der Waals surface area contributed by atoms with E-state index in [1.807, 2.05) is 23.6 Å². The maximum atomic E-state index is 15.7. The van der Waals surface area contributed by atoms with E-state index in [-0.39, 0.29) is 11.9 Å². The molecule has 0 aromatic carbocycles. The van der Waals surface area contributed by atoms with E-state index in [0.29, 0.717) is 35.6 Å². The average molecular weight is 434 g/mol. The van der Waals surface area contributed by atoms with E-state index in [4.69, 9.17) is 4.98 Å². The van der Waals surface area contributed by atoms with Crippen molar-refractivity contribution in [1.29, 1.82) is 0 Å². The lowest BCUT2D eigenvalue weighted by molar-refractivity contribution is 0.0926. The van der Waals surface area contributed by atoms with Crippen molar-refractivity contribution in [3.05, 3.63) is 59.0 Å². The summed E-state index contributed by atoms with van der Waals surface area (Å²) >= 11 is 1.49. The summed E-state index contributed by atoms with van der Waals surface area (Å²) in [7, 11) is 0. The number of hydrogen-bond donors (Lipinski definition) is 1. The molecule has 158 valence electrons. The smallest absolute Gasteiger partial charge is 0.192 e. The second kappa shape index (κ2) is 7.48. The van der Waals surface area contributed by atoms with Gasteiger partial charge in [0.1, 0.15) is 5.69 Å². The zero-order valence-corrected chi connectivity index (χ0v) is 18.2. The molecule has 3 fully saturated rings. The Morgan fingerprint density at radius 3 is 2.61 bits per heavy atom. The first-order valence-electron chi connectivity index (χ1n) is 11.1. The normalized spacial score (nSPS) is 26.6. The second-order valence-corrected chi connectivity index (χ2v) is 9.86. The zero-order chi connectivity index (χ0) is 20.9. The minimum atomic E-state index is -0.363. The molecular formula is C24H24FN5S. The highest BCUT2D eigenvalue weighted by Crippen LogP contribution is 2.46. The molecule has 3 saturated carbocycles. The lowest BCUT2D eigenvalue weighted by Gasteiger charge is -2.47. The third-order valence-corrected chi connectivity index (χ3v) is 8.19. The molecule has 5 nitrogen and oxygen atoms in total. The van der Waals surface area contributed by atoms with Crippen LogP contribution in [0.4, 0.5) is 10.2 Å². The van der Waals surface area contributed by atoms with Crippen molar-refractivity contribution < 1.29 is 4.39 Å². The van der Waals surface area contributed by atoms with E-state index in [2.05, 4.69) is 27.2 Å². The molecule has 2 bridgehead atoms. The summed E-state index contributed by atoms with van der Waals surface area (Å²) in [4.78, 5) is 19.1. The summed E-state index contributed by atoms with van der Waals surface area (Å²) in [6, 6.07) is 4.09. The number of thiophene rings is 1. The van der Waals surface area contributed by atoms with Gasteiger partial charge < -0.3 is 5.32 Å². The molecule has 3 aromatic heterocycles. The van der Waals surface area contributed by atoms with E-state index < -0.39 is 0 Å². The molecule has 0 aliphatic heterocycles. The van der Waals surface area contributed by atoms with E-state index in [0.717, 1.165) is 27.8 Å². The van der Waals surface area contributed by atoms with Gasteiger partial charge in [-0.15, -0.1) is 11.3 Å². The third kappa shape index (κ3) is 3.17. The first-order chi connectivity index (χ1) is 15.2. The Labute approximate surface area is 184 Å². The van der Waals surface area contributed by atoms with Crippen LogP contribution in [0.15, 0.2) is 36.0 Å². The van der Waals surface area contributed by atoms with Crippen LogP contribution in [-0.4, -0.2) is 26.0 Å². The van der Waals surface area contributed by atoms with Gasteiger partial charge in [-0.3, -0.25) is 9.97 Å². The van der Waals surface area contributed by atoms with Crippen LogP contribution >= 0.6 is 11.3 Å². The summed E-state index contributed by atoms with van der Waals surface area (Å²) < 4.78 is 15.7. The fourth-order valence-electron chi connectivity index (χ4n) is 5.63. The highest BCUT2D eigenvalue weighted by atomic mass is 32.1. The Hall–Kier alpha value is -2.67. The molecule has 2 atom stereocenters. The molecule has 1 N–H and O–H groups in total. The largest absolute Gasteiger partial charge is 0.364 e. The van der Waals surface area contributed by atoms with Gasteiger partial charge in [0, 0.05) is 30.4 Å². The summed E-state index contributed by atoms with van der Waals surface area (Å²) in [5.41, 5.74) is 2.90. The predicted molar refractivity (Wildman–Crippen MR) is 120 cm³/mol. The molecular weight excluding hydrogens is 409 g/mol. The molecule has 7 heteroatoms. The van der Waals surface area contributed by atoms with Gasteiger partial charge in [0.05, 0.1) is 16.3 Å². The molecule has 3 heterocycles.